The Bertz CT molecular complexity index is 729. The lowest BCUT2D eigenvalue weighted by Gasteiger charge is -2.17. The van der Waals surface area contributed by atoms with Crippen LogP contribution in [0.15, 0.2) is 30.3 Å². The lowest BCUT2D eigenvalue weighted by molar-refractivity contribution is -0.141. The second-order valence-corrected chi connectivity index (χ2v) is 6.04. The topological polar surface area (TPSA) is 46.9 Å². The van der Waals surface area contributed by atoms with Crippen molar-refractivity contribution in [3.8, 4) is 0 Å². The molecule has 0 spiro atoms. The molecule has 4 nitrogen and oxygen atoms in total. The molecule has 1 aromatic carbocycles. The number of nitrogens with zero attached hydrogens (tertiary/aromatic N) is 2. The van der Waals surface area contributed by atoms with Gasteiger partial charge >= 0.3 is 6.18 Å². The number of alkyl halides is 3. The van der Waals surface area contributed by atoms with E-state index in [9.17, 15) is 18.0 Å². The first kappa shape index (κ1) is 19.3. The summed E-state index contributed by atoms with van der Waals surface area (Å²) in [5, 5.41) is 5.95. The van der Waals surface area contributed by atoms with Crippen LogP contribution < -0.4 is 5.32 Å². The first-order valence-corrected chi connectivity index (χ1v) is 8.26. The number of carbonyl (C=O) groups excluding carboxylic acids is 1. The Kier molecular flexibility index (Phi) is 6.11. The molecule has 0 saturated carbocycles. The van der Waals surface area contributed by atoms with Crippen molar-refractivity contribution in [3.63, 3.8) is 0 Å². The molecular weight excluding hydrogens is 355 g/mol. The zero-order valence-corrected chi connectivity index (χ0v) is 14.7. The van der Waals surface area contributed by atoms with E-state index in [0.29, 0.717) is 6.42 Å². The molecule has 0 bridgehead atoms. The van der Waals surface area contributed by atoms with Gasteiger partial charge in [-0.25, -0.2) is 0 Å². The highest BCUT2D eigenvalue weighted by Crippen LogP contribution is 2.35. The highest BCUT2D eigenvalue weighted by atomic mass is 35.5. The Balaban J connectivity index is 2.01. The van der Waals surface area contributed by atoms with E-state index in [1.54, 1.807) is 0 Å². The number of benzene rings is 1. The maximum Gasteiger partial charge on any atom is 0.436 e. The summed E-state index contributed by atoms with van der Waals surface area (Å²) in [4.78, 5) is 12.2. The number of aromatic nitrogens is 2. The van der Waals surface area contributed by atoms with E-state index in [1.165, 1.54) is 6.92 Å². The number of aryl methyl sites for hydroxylation is 1. The van der Waals surface area contributed by atoms with Crippen molar-refractivity contribution in [2.75, 3.05) is 0 Å². The average molecular weight is 374 g/mol. The summed E-state index contributed by atoms with van der Waals surface area (Å²) in [6, 6.07) is 9.36. The van der Waals surface area contributed by atoms with Crippen LogP contribution in [0.5, 0.6) is 0 Å². The number of halogens is 4. The summed E-state index contributed by atoms with van der Waals surface area (Å²) in [6.45, 7) is 3.42. The first-order chi connectivity index (χ1) is 11.7. The van der Waals surface area contributed by atoms with E-state index < -0.39 is 16.9 Å². The molecule has 2 rings (SSSR count). The monoisotopic (exact) mass is 373 g/mol. The predicted molar refractivity (Wildman–Crippen MR) is 89.2 cm³/mol. The molecule has 2 aromatic rings. The van der Waals surface area contributed by atoms with Crippen LogP contribution in [0, 0.1) is 6.92 Å². The molecule has 0 radical (unpaired) electrons. The third kappa shape index (κ3) is 4.75. The van der Waals surface area contributed by atoms with Crippen LogP contribution in [0.2, 0.25) is 5.02 Å². The van der Waals surface area contributed by atoms with Gasteiger partial charge in [0.25, 0.3) is 0 Å². The van der Waals surface area contributed by atoms with E-state index in [4.69, 9.17) is 11.6 Å². The zero-order chi connectivity index (χ0) is 18.6. The van der Waals surface area contributed by atoms with Crippen molar-refractivity contribution < 1.29 is 18.0 Å². The molecule has 0 aliphatic carbocycles. The highest BCUT2D eigenvalue weighted by Gasteiger charge is 2.38. The van der Waals surface area contributed by atoms with Crippen LogP contribution in [0.3, 0.4) is 0 Å². The number of carbonyl (C=O) groups is 1. The summed E-state index contributed by atoms with van der Waals surface area (Å²) in [7, 11) is 0. The van der Waals surface area contributed by atoms with Gasteiger partial charge in [0.2, 0.25) is 5.91 Å². The number of hydrogen-bond donors (Lipinski definition) is 1. The Morgan fingerprint density at radius 1 is 1.32 bits per heavy atom. The van der Waals surface area contributed by atoms with Gasteiger partial charge in [0, 0.05) is 6.42 Å². The molecule has 0 aliphatic heterocycles. The van der Waals surface area contributed by atoms with Crippen molar-refractivity contribution in [1.82, 2.24) is 15.1 Å². The molecule has 25 heavy (non-hydrogen) atoms. The minimum absolute atomic E-state index is 0.0134. The zero-order valence-electron chi connectivity index (χ0n) is 13.9. The second-order valence-electron chi connectivity index (χ2n) is 5.66. The molecule has 1 atom stereocenters. The molecule has 0 fully saturated rings. The minimum Gasteiger partial charge on any atom is -0.349 e. The summed E-state index contributed by atoms with van der Waals surface area (Å²) in [5.74, 6) is -0.254. The van der Waals surface area contributed by atoms with Crippen molar-refractivity contribution >= 4 is 17.5 Å². The molecule has 1 unspecified atom stereocenters. The Morgan fingerprint density at radius 3 is 2.48 bits per heavy atom. The standard InChI is InChI=1S/C17H19ClF3N3O/c1-3-13(12-7-5-4-6-8-12)22-14(25)9-10-24-11(2)15(18)16(23-24)17(19,20)21/h4-8,13H,3,9-10H2,1-2H3,(H,22,25). The minimum atomic E-state index is -4.62. The molecular formula is C17H19ClF3N3O. The normalized spacial score (nSPS) is 12.9. The fourth-order valence-electron chi connectivity index (χ4n) is 2.50. The lowest BCUT2D eigenvalue weighted by atomic mass is 10.0. The Morgan fingerprint density at radius 2 is 1.96 bits per heavy atom. The first-order valence-electron chi connectivity index (χ1n) is 7.88. The molecule has 0 aliphatic rings. The quantitative estimate of drug-likeness (QED) is 0.809. The molecule has 8 heteroatoms. The lowest BCUT2D eigenvalue weighted by Crippen LogP contribution is -2.29. The summed E-state index contributed by atoms with van der Waals surface area (Å²) in [6.07, 6.45) is -3.89. The summed E-state index contributed by atoms with van der Waals surface area (Å²) >= 11 is 5.70. The van der Waals surface area contributed by atoms with E-state index in [1.807, 2.05) is 37.3 Å². The van der Waals surface area contributed by atoms with E-state index >= 15 is 0 Å². The van der Waals surface area contributed by atoms with Gasteiger partial charge in [-0.2, -0.15) is 18.3 Å². The van der Waals surface area contributed by atoms with Crippen molar-refractivity contribution in [2.24, 2.45) is 0 Å². The average Bonchev–Trinajstić information content (AvgIpc) is 2.87. The fourth-order valence-corrected chi connectivity index (χ4v) is 2.75. The maximum atomic E-state index is 12.8. The molecule has 1 amide bonds. The molecule has 1 aromatic heterocycles. The number of nitrogens with one attached hydrogen (secondary N) is 1. The molecule has 1 N–H and O–H groups in total. The van der Waals surface area contributed by atoms with Crippen molar-refractivity contribution in [2.45, 2.75) is 45.5 Å². The largest absolute Gasteiger partial charge is 0.436 e. The van der Waals surface area contributed by atoms with Gasteiger partial charge in [-0.15, -0.1) is 0 Å². The third-order valence-electron chi connectivity index (χ3n) is 3.90. The van der Waals surface area contributed by atoms with Crippen LogP contribution in [0.1, 0.15) is 42.8 Å². The molecule has 136 valence electrons. The SMILES string of the molecule is CCC(NC(=O)CCn1nc(C(F)(F)F)c(Cl)c1C)c1ccccc1. The van der Waals surface area contributed by atoms with Gasteiger partial charge in [0.15, 0.2) is 5.69 Å². The summed E-state index contributed by atoms with van der Waals surface area (Å²) < 4.78 is 39.5. The third-order valence-corrected chi connectivity index (χ3v) is 4.35. The smallest absolute Gasteiger partial charge is 0.349 e. The highest BCUT2D eigenvalue weighted by molar-refractivity contribution is 6.31. The van der Waals surface area contributed by atoms with Crippen LogP contribution in [-0.2, 0) is 17.5 Å². The number of rotatable bonds is 6. The fraction of sp³-hybridized carbons (Fsp3) is 0.412. The van der Waals surface area contributed by atoms with Gasteiger partial charge in [-0.1, -0.05) is 48.9 Å². The van der Waals surface area contributed by atoms with Crippen molar-refractivity contribution in [1.29, 1.82) is 0 Å². The Labute approximate surface area is 149 Å². The van der Waals surface area contributed by atoms with Crippen LogP contribution in [-0.4, -0.2) is 15.7 Å². The second kappa shape index (κ2) is 7.91. The van der Waals surface area contributed by atoms with Gasteiger partial charge in [-0.3, -0.25) is 9.48 Å². The van der Waals surface area contributed by atoms with E-state index in [2.05, 4.69) is 10.4 Å². The van der Waals surface area contributed by atoms with E-state index in [0.717, 1.165) is 10.2 Å². The maximum absolute atomic E-state index is 12.8. The predicted octanol–water partition coefficient (Wildman–Crippen LogP) is 4.52. The number of amides is 1. The van der Waals surface area contributed by atoms with Crippen molar-refractivity contribution in [3.05, 3.63) is 52.3 Å². The Hall–Kier alpha value is -2.02. The van der Waals surface area contributed by atoms with Gasteiger partial charge in [0.1, 0.15) is 0 Å². The van der Waals surface area contributed by atoms with Crippen LogP contribution >= 0.6 is 11.6 Å². The van der Waals surface area contributed by atoms with Crippen LogP contribution in [0.4, 0.5) is 13.2 Å². The van der Waals surface area contributed by atoms with Gasteiger partial charge in [-0.05, 0) is 18.9 Å². The molecule has 1 heterocycles. The van der Waals surface area contributed by atoms with E-state index in [-0.39, 0.29) is 30.6 Å². The number of hydrogen-bond acceptors (Lipinski definition) is 2. The van der Waals surface area contributed by atoms with Crippen LogP contribution in [0.25, 0.3) is 0 Å². The van der Waals surface area contributed by atoms with Gasteiger partial charge < -0.3 is 5.32 Å². The van der Waals surface area contributed by atoms with Gasteiger partial charge in [0.05, 0.1) is 23.3 Å². The molecule has 0 saturated heterocycles. The summed E-state index contributed by atoms with van der Waals surface area (Å²) in [5.41, 5.74) is 0.0516.